The Hall–Kier alpha value is -1.61. The van der Waals surface area contributed by atoms with Gasteiger partial charge in [0.05, 0.1) is 18.7 Å². The van der Waals surface area contributed by atoms with Gasteiger partial charge in [-0.25, -0.2) is 4.79 Å². The Morgan fingerprint density at radius 1 is 1.40 bits per heavy atom. The van der Waals surface area contributed by atoms with Gasteiger partial charge in [-0.05, 0) is 5.56 Å². The van der Waals surface area contributed by atoms with E-state index in [-0.39, 0.29) is 12.0 Å². The number of methoxy groups -OCH3 is 1. The third-order valence-electron chi connectivity index (χ3n) is 2.51. The van der Waals surface area contributed by atoms with Gasteiger partial charge in [-0.15, -0.1) is 0 Å². The maximum absolute atomic E-state index is 11.5. The summed E-state index contributed by atoms with van der Waals surface area (Å²) in [5, 5.41) is 3.24. The molecule has 1 N–H and O–H groups in total. The molecule has 1 aliphatic rings. The van der Waals surface area contributed by atoms with E-state index in [1.54, 1.807) is 0 Å². The van der Waals surface area contributed by atoms with Crippen molar-refractivity contribution in [1.29, 1.82) is 0 Å². The fraction of sp³-hybridized carbons (Fsp3) is 0.250. The third kappa shape index (κ3) is 1.92. The van der Waals surface area contributed by atoms with Crippen molar-refractivity contribution in [2.45, 2.75) is 6.04 Å². The van der Waals surface area contributed by atoms with E-state index in [0.717, 1.165) is 5.56 Å². The maximum Gasteiger partial charge on any atom is 0.335 e. The Labute approximate surface area is 88.8 Å². The fourth-order valence-corrected chi connectivity index (χ4v) is 1.78. The average Bonchev–Trinajstić information content (AvgIpc) is 2.78. The molecule has 0 saturated heterocycles. The van der Waals surface area contributed by atoms with Crippen molar-refractivity contribution in [3.05, 3.63) is 47.5 Å². The Balaban J connectivity index is 2.25. The highest BCUT2D eigenvalue weighted by molar-refractivity contribution is 5.90. The molecule has 3 nitrogen and oxygen atoms in total. The van der Waals surface area contributed by atoms with Crippen molar-refractivity contribution in [3.8, 4) is 0 Å². The summed E-state index contributed by atoms with van der Waals surface area (Å²) in [5.41, 5.74) is 1.79. The lowest BCUT2D eigenvalue weighted by molar-refractivity contribution is -0.136. The molecular weight excluding hydrogens is 190 g/mol. The van der Waals surface area contributed by atoms with Gasteiger partial charge < -0.3 is 10.1 Å². The molecule has 0 bridgehead atoms. The topological polar surface area (TPSA) is 38.3 Å². The fourth-order valence-electron chi connectivity index (χ4n) is 1.78. The first kappa shape index (κ1) is 9.93. The van der Waals surface area contributed by atoms with Gasteiger partial charge >= 0.3 is 5.97 Å². The molecule has 0 spiro atoms. The highest BCUT2D eigenvalue weighted by Crippen LogP contribution is 2.25. The predicted octanol–water partition coefficient (Wildman–Crippen LogP) is 1.43. The Kier molecular flexibility index (Phi) is 2.83. The number of nitrogens with one attached hydrogen (secondary N) is 1. The molecule has 0 saturated carbocycles. The SMILES string of the molecule is COC(=O)C1=CCNC1c1ccccc1. The van der Waals surface area contributed by atoms with E-state index in [1.165, 1.54) is 7.11 Å². The molecule has 2 rings (SSSR count). The molecule has 0 radical (unpaired) electrons. The predicted molar refractivity (Wildman–Crippen MR) is 57.3 cm³/mol. The van der Waals surface area contributed by atoms with Gasteiger partial charge in [0.15, 0.2) is 0 Å². The van der Waals surface area contributed by atoms with Crippen LogP contribution in [-0.2, 0) is 9.53 Å². The van der Waals surface area contributed by atoms with Crippen LogP contribution >= 0.6 is 0 Å². The summed E-state index contributed by atoms with van der Waals surface area (Å²) in [6.07, 6.45) is 1.88. The van der Waals surface area contributed by atoms with Crippen molar-refractivity contribution >= 4 is 5.97 Å². The minimum atomic E-state index is -0.256. The summed E-state index contributed by atoms with van der Waals surface area (Å²) in [7, 11) is 1.41. The number of carbonyl (C=O) groups is 1. The lowest BCUT2D eigenvalue weighted by Gasteiger charge is -2.14. The molecule has 0 aromatic heterocycles. The van der Waals surface area contributed by atoms with Crippen LogP contribution in [0.5, 0.6) is 0 Å². The third-order valence-corrected chi connectivity index (χ3v) is 2.51. The Morgan fingerprint density at radius 3 is 2.80 bits per heavy atom. The van der Waals surface area contributed by atoms with E-state index >= 15 is 0 Å². The van der Waals surface area contributed by atoms with E-state index < -0.39 is 0 Å². The number of esters is 1. The van der Waals surface area contributed by atoms with Gasteiger partial charge in [-0.1, -0.05) is 36.4 Å². The summed E-state index contributed by atoms with van der Waals surface area (Å²) in [6.45, 7) is 0.712. The van der Waals surface area contributed by atoms with Crippen molar-refractivity contribution < 1.29 is 9.53 Å². The summed E-state index contributed by atoms with van der Waals surface area (Å²) >= 11 is 0. The van der Waals surface area contributed by atoms with Crippen molar-refractivity contribution in [3.63, 3.8) is 0 Å². The van der Waals surface area contributed by atoms with Crippen LogP contribution in [0.2, 0.25) is 0 Å². The largest absolute Gasteiger partial charge is 0.466 e. The molecule has 3 heteroatoms. The molecule has 1 atom stereocenters. The van der Waals surface area contributed by atoms with Crippen LogP contribution in [0.25, 0.3) is 0 Å². The molecule has 0 amide bonds. The van der Waals surface area contributed by atoms with Crippen LogP contribution in [0.3, 0.4) is 0 Å². The molecule has 1 aromatic carbocycles. The molecule has 1 heterocycles. The molecule has 1 aromatic rings. The second kappa shape index (κ2) is 4.28. The Morgan fingerprint density at radius 2 is 2.13 bits per heavy atom. The van der Waals surface area contributed by atoms with Gasteiger partial charge in [0.1, 0.15) is 0 Å². The standard InChI is InChI=1S/C12H13NO2/c1-15-12(14)10-7-8-13-11(10)9-5-3-2-4-6-9/h2-7,11,13H,8H2,1H3. The first-order chi connectivity index (χ1) is 7.33. The van der Waals surface area contributed by atoms with E-state index in [1.807, 2.05) is 36.4 Å². The molecule has 0 fully saturated rings. The lowest BCUT2D eigenvalue weighted by Crippen LogP contribution is -2.20. The molecule has 1 unspecified atom stereocenters. The number of hydrogen-bond donors (Lipinski definition) is 1. The van der Waals surface area contributed by atoms with E-state index in [4.69, 9.17) is 4.74 Å². The molecule has 15 heavy (non-hydrogen) atoms. The summed E-state index contributed by atoms with van der Waals surface area (Å²) in [4.78, 5) is 11.5. The number of benzene rings is 1. The molecular formula is C12H13NO2. The quantitative estimate of drug-likeness (QED) is 0.739. The zero-order valence-electron chi connectivity index (χ0n) is 8.57. The van der Waals surface area contributed by atoms with E-state index in [2.05, 4.69) is 5.32 Å². The van der Waals surface area contributed by atoms with Gasteiger partial charge in [0, 0.05) is 6.54 Å². The van der Waals surface area contributed by atoms with Crippen LogP contribution in [0.4, 0.5) is 0 Å². The summed E-state index contributed by atoms with van der Waals surface area (Å²) in [6, 6.07) is 9.85. The molecule has 78 valence electrons. The highest BCUT2D eigenvalue weighted by Gasteiger charge is 2.26. The monoisotopic (exact) mass is 203 g/mol. The minimum Gasteiger partial charge on any atom is -0.466 e. The maximum atomic E-state index is 11.5. The van der Waals surface area contributed by atoms with Crippen LogP contribution < -0.4 is 5.32 Å². The highest BCUT2D eigenvalue weighted by atomic mass is 16.5. The minimum absolute atomic E-state index is 0.0290. The summed E-state index contributed by atoms with van der Waals surface area (Å²) < 4.78 is 4.74. The zero-order valence-corrected chi connectivity index (χ0v) is 8.57. The van der Waals surface area contributed by atoms with Gasteiger partial charge in [-0.3, -0.25) is 0 Å². The van der Waals surface area contributed by atoms with Crippen LogP contribution in [0.1, 0.15) is 11.6 Å². The zero-order chi connectivity index (χ0) is 10.7. The van der Waals surface area contributed by atoms with Crippen molar-refractivity contribution in [2.24, 2.45) is 0 Å². The smallest absolute Gasteiger partial charge is 0.335 e. The normalized spacial score (nSPS) is 19.8. The number of hydrogen-bond acceptors (Lipinski definition) is 3. The number of carbonyl (C=O) groups excluding carboxylic acids is 1. The summed E-state index contributed by atoms with van der Waals surface area (Å²) in [5.74, 6) is -0.256. The van der Waals surface area contributed by atoms with Crippen LogP contribution in [0, 0.1) is 0 Å². The first-order valence-corrected chi connectivity index (χ1v) is 4.89. The first-order valence-electron chi connectivity index (χ1n) is 4.89. The molecule has 1 aliphatic heterocycles. The lowest BCUT2D eigenvalue weighted by atomic mass is 10.0. The van der Waals surface area contributed by atoms with Gasteiger partial charge in [-0.2, -0.15) is 0 Å². The average molecular weight is 203 g/mol. The van der Waals surface area contributed by atoms with Crippen molar-refractivity contribution in [1.82, 2.24) is 5.32 Å². The van der Waals surface area contributed by atoms with Crippen molar-refractivity contribution in [2.75, 3.05) is 13.7 Å². The van der Waals surface area contributed by atoms with Gasteiger partial charge in [0.25, 0.3) is 0 Å². The van der Waals surface area contributed by atoms with Crippen LogP contribution in [-0.4, -0.2) is 19.6 Å². The number of ether oxygens (including phenoxy) is 1. The van der Waals surface area contributed by atoms with E-state index in [0.29, 0.717) is 12.1 Å². The second-order valence-electron chi connectivity index (χ2n) is 3.40. The Bertz CT molecular complexity index is 384. The van der Waals surface area contributed by atoms with E-state index in [9.17, 15) is 4.79 Å². The second-order valence-corrected chi connectivity index (χ2v) is 3.40. The van der Waals surface area contributed by atoms with Crippen LogP contribution in [0.15, 0.2) is 42.0 Å². The number of rotatable bonds is 2. The molecule has 0 aliphatic carbocycles. The van der Waals surface area contributed by atoms with Gasteiger partial charge in [0.2, 0.25) is 0 Å².